The third kappa shape index (κ3) is 4.10. The van der Waals surface area contributed by atoms with Crippen molar-refractivity contribution in [3.8, 4) is 11.1 Å². The average Bonchev–Trinajstić information content (AvgIpc) is 2.42. The van der Waals surface area contributed by atoms with Crippen LogP contribution in [-0.2, 0) is 11.3 Å². The van der Waals surface area contributed by atoms with Crippen molar-refractivity contribution in [2.75, 3.05) is 0 Å². The van der Waals surface area contributed by atoms with Gasteiger partial charge in [-0.1, -0.05) is 25.5 Å². The van der Waals surface area contributed by atoms with E-state index in [0.717, 1.165) is 18.4 Å². The van der Waals surface area contributed by atoms with Crippen molar-refractivity contribution < 1.29 is 22.0 Å². The zero-order valence-corrected chi connectivity index (χ0v) is 13.9. The Hall–Kier alpha value is -1.43. The Bertz CT molecular complexity index is 684. The average molecular weight is 393 g/mol. The van der Waals surface area contributed by atoms with Crippen molar-refractivity contribution in [1.82, 2.24) is 0 Å². The third-order valence-electron chi connectivity index (χ3n) is 3.49. The molecule has 0 aliphatic carbocycles. The van der Waals surface area contributed by atoms with Crippen molar-refractivity contribution in [3.63, 3.8) is 0 Å². The van der Waals surface area contributed by atoms with Gasteiger partial charge in [-0.25, -0.2) is 13.2 Å². The number of halogens is 6. The van der Waals surface area contributed by atoms with Crippen molar-refractivity contribution in [2.24, 2.45) is 0 Å². The lowest BCUT2D eigenvalue weighted by Crippen LogP contribution is -2.09. The maximum absolute atomic E-state index is 14.2. The maximum Gasteiger partial charge on any atom is 0.332 e. The molecule has 0 amide bonds. The van der Waals surface area contributed by atoms with Crippen LogP contribution in [0.25, 0.3) is 11.1 Å². The molecule has 6 heteroatoms. The van der Waals surface area contributed by atoms with Crippen LogP contribution in [-0.4, -0.2) is 0 Å². The van der Waals surface area contributed by atoms with E-state index < -0.39 is 27.8 Å². The van der Waals surface area contributed by atoms with Gasteiger partial charge in [-0.3, -0.25) is 0 Å². The van der Waals surface area contributed by atoms with Crippen LogP contribution < -0.4 is 0 Å². The molecular formula is C17H14BrF5. The molecule has 0 fully saturated rings. The van der Waals surface area contributed by atoms with Crippen molar-refractivity contribution >= 4 is 15.9 Å². The van der Waals surface area contributed by atoms with E-state index in [9.17, 15) is 22.0 Å². The Labute approximate surface area is 139 Å². The molecule has 0 saturated heterocycles. The second-order valence-corrected chi connectivity index (χ2v) is 6.23. The fraction of sp³-hybridized carbons (Fsp3) is 0.294. The summed E-state index contributed by atoms with van der Waals surface area (Å²) in [7, 11) is 0. The zero-order chi connectivity index (χ0) is 17.2. The van der Waals surface area contributed by atoms with Gasteiger partial charge in [0.1, 0.15) is 23.0 Å². The highest BCUT2D eigenvalue weighted by atomic mass is 79.9. The number of unbranched alkanes of at least 4 members (excludes halogenated alkanes) is 1. The van der Waals surface area contributed by atoms with Gasteiger partial charge in [0.25, 0.3) is 0 Å². The summed E-state index contributed by atoms with van der Waals surface area (Å²) >= 11 is 1.93. The molecule has 0 nitrogen and oxygen atoms in total. The van der Waals surface area contributed by atoms with E-state index in [1.54, 1.807) is 6.07 Å². The fourth-order valence-electron chi connectivity index (χ4n) is 2.33. The summed E-state index contributed by atoms with van der Waals surface area (Å²) < 4.78 is 68.0. The molecule has 0 saturated carbocycles. The Balaban J connectivity index is 2.43. The van der Waals surface area contributed by atoms with Crippen LogP contribution in [0.3, 0.4) is 0 Å². The number of alkyl halides is 3. The molecule has 0 radical (unpaired) electrons. The van der Waals surface area contributed by atoms with E-state index >= 15 is 0 Å². The summed E-state index contributed by atoms with van der Waals surface area (Å²) in [5, 5.41) is 0. The van der Waals surface area contributed by atoms with E-state index in [2.05, 4.69) is 0 Å². The molecule has 0 aliphatic rings. The highest BCUT2D eigenvalue weighted by Gasteiger charge is 2.35. The first-order chi connectivity index (χ1) is 10.7. The Kier molecular flexibility index (Phi) is 5.45. The minimum Gasteiger partial charge on any atom is -0.206 e. The number of rotatable bonds is 5. The molecule has 23 heavy (non-hydrogen) atoms. The Morgan fingerprint density at radius 2 is 1.57 bits per heavy atom. The third-order valence-corrected chi connectivity index (χ3v) is 3.89. The van der Waals surface area contributed by atoms with E-state index in [1.807, 2.05) is 22.9 Å². The molecule has 0 aromatic heterocycles. The van der Waals surface area contributed by atoms with Crippen LogP contribution in [0.2, 0.25) is 0 Å². The molecule has 124 valence electrons. The van der Waals surface area contributed by atoms with Crippen LogP contribution in [0.15, 0.2) is 30.3 Å². The highest BCUT2D eigenvalue weighted by Crippen LogP contribution is 2.39. The minimum atomic E-state index is -3.83. The van der Waals surface area contributed by atoms with Crippen molar-refractivity contribution in [2.45, 2.75) is 31.0 Å². The topological polar surface area (TPSA) is 0 Å². The van der Waals surface area contributed by atoms with Crippen LogP contribution in [0.5, 0.6) is 0 Å². The molecule has 2 aromatic carbocycles. The Morgan fingerprint density at radius 1 is 0.957 bits per heavy atom. The first-order valence-corrected chi connectivity index (χ1v) is 7.88. The lowest BCUT2D eigenvalue weighted by molar-refractivity contribution is 0.105. The van der Waals surface area contributed by atoms with Crippen LogP contribution in [0, 0.1) is 17.5 Å². The lowest BCUT2D eigenvalue weighted by Gasteiger charge is -2.13. The first kappa shape index (κ1) is 17.9. The highest BCUT2D eigenvalue weighted by molar-refractivity contribution is 9.09. The predicted octanol–water partition coefficient (Wildman–Crippen LogP) is 6.56. The van der Waals surface area contributed by atoms with Crippen molar-refractivity contribution in [3.05, 3.63) is 58.9 Å². The molecule has 0 spiro atoms. The molecule has 0 heterocycles. The first-order valence-electron chi connectivity index (χ1n) is 7.09. The summed E-state index contributed by atoms with van der Waals surface area (Å²) in [4.78, 5) is -3.83. The van der Waals surface area contributed by atoms with Gasteiger partial charge in [-0.2, -0.15) is 8.78 Å². The summed E-state index contributed by atoms with van der Waals surface area (Å²) in [6.45, 7) is 2.01. The van der Waals surface area contributed by atoms with E-state index in [4.69, 9.17) is 0 Å². The molecule has 0 atom stereocenters. The van der Waals surface area contributed by atoms with Crippen LogP contribution in [0.1, 0.15) is 30.9 Å². The summed E-state index contributed by atoms with van der Waals surface area (Å²) in [6, 6.07) is 5.78. The summed E-state index contributed by atoms with van der Waals surface area (Å²) in [5.41, 5.74) is -0.772. The molecule has 0 bridgehead atoms. The fourth-order valence-corrected chi connectivity index (χ4v) is 2.71. The van der Waals surface area contributed by atoms with Gasteiger partial charge in [0.2, 0.25) is 0 Å². The van der Waals surface area contributed by atoms with Gasteiger partial charge in [0.05, 0.1) is 0 Å². The second-order valence-electron chi connectivity index (χ2n) is 5.23. The molecule has 2 aromatic rings. The minimum absolute atomic E-state index is 0.0347. The van der Waals surface area contributed by atoms with E-state index in [-0.39, 0.29) is 11.1 Å². The lowest BCUT2D eigenvalue weighted by atomic mass is 9.99. The van der Waals surface area contributed by atoms with Crippen LogP contribution >= 0.6 is 15.9 Å². The van der Waals surface area contributed by atoms with E-state index in [1.165, 1.54) is 12.1 Å². The maximum atomic E-state index is 14.2. The summed E-state index contributed by atoms with van der Waals surface area (Å²) in [6.07, 6.45) is 2.56. The largest absolute Gasteiger partial charge is 0.332 e. The number of hydrogen-bond acceptors (Lipinski definition) is 0. The molecule has 0 aliphatic heterocycles. The van der Waals surface area contributed by atoms with Gasteiger partial charge in [-0.15, -0.1) is 0 Å². The van der Waals surface area contributed by atoms with Gasteiger partial charge in [0.15, 0.2) is 0 Å². The number of benzene rings is 2. The van der Waals surface area contributed by atoms with Crippen LogP contribution in [0.4, 0.5) is 22.0 Å². The molecule has 0 unspecified atom stereocenters. The van der Waals surface area contributed by atoms with Crippen molar-refractivity contribution in [1.29, 1.82) is 0 Å². The quantitative estimate of drug-likeness (QED) is 0.399. The smallest absolute Gasteiger partial charge is 0.206 e. The molecule has 2 rings (SSSR count). The van der Waals surface area contributed by atoms with E-state index in [0.29, 0.717) is 18.6 Å². The van der Waals surface area contributed by atoms with Gasteiger partial charge >= 0.3 is 4.83 Å². The zero-order valence-electron chi connectivity index (χ0n) is 12.3. The number of hydrogen-bond donors (Lipinski definition) is 0. The van der Waals surface area contributed by atoms with Gasteiger partial charge < -0.3 is 0 Å². The molecule has 0 N–H and O–H groups in total. The van der Waals surface area contributed by atoms with Gasteiger partial charge in [0, 0.05) is 5.56 Å². The monoisotopic (exact) mass is 392 g/mol. The SMILES string of the molecule is CCCCc1ccc(-c2cc(F)c(C(F)(F)Br)c(F)c2)c(F)c1. The summed E-state index contributed by atoms with van der Waals surface area (Å²) in [5.74, 6) is -3.51. The number of aryl methyl sites for hydroxylation is 1. The van der Waals surface area contributed by atoms with Gasteiger partial charge in [-0.05, 0) is 58.1 Å². The predicted molar refractivity (Wildman–Crippen MR) is 83.2 cm³/mol. The Morgan fingerprint density at radius 3 is 2.04 bits per heavy atom. The standard InChI is InChI=1S/C17H14BrF5/c1-2-3-4-10-5-6-12(13(19)7-10)11-8-14(20)16(15(21)9-11)17(18,22)23/h5-9H,2-4H2,1H3. The molecular weight excluding hydrogens is 379 g/mol. The normalized spacial score (nSPS) is 11.8. The second kappa shape index (κ2) is 6.99.